The van der Waals surface area contributed by atoms with Crippen LogP contribution in [0.1, 0.15) is 38.9 Å². The highest BCUT2D eigenvalue weighted by Gasteiger charge is 2.22. The van der Waals surface area contributed by atoms with Crippen LogP contribution >= 0.6 is 0 Å². The fraction of sp³-hybridized carbons (Fsp3) is 0.692. The Morgan fingerprint density at radius 2 is 2.11 bits per heavy atom. The molecule has 100 valence electrons. The molecule has 1 saturated carbocycles. The molecule has 2 unspecified atom stereocenters. The van der Waals surface area contributed by atoms with Crippen molar-refractivity contribution in [2.24, 2.45) is 17.7 Å². The van der Waals surface area contributed by atoms with E-state index in [1.807, 2.05) is 13.0 Å². The van der Waals surface area contributed by atoms with Crippen LogP contribution in [0.15, 0.2) is 6.07 Å². The van der Waals surface area contributed by atoms with E-state index in [2.05, 4.69) is 27.6 Å². The minimum absolute atomic E-state index is 0.670. The molecule has 18 heavy (non-hydrogen) atoms. The molecule has 2 atom stereocenters. The van der Waals surface area contributed by atoms with Crippen LogP contribution < -0.4 is 16.6 Å². The molecule has 0 bridgehead atoms. The molecule has 0 saturated heterocycles. The van der Waals surface area contributed by atoms with E-state index in [1.165, 1.54) is 19.3 Å². The molecule has 5 heteroatoms. The molecule has 1 heterocycles. The van der Waals surface area contributed by atoms with E-state index >= 15 is 0 Å². The van der Waals surface area contributed by atoms with Gasteiger partial charge in [-0.1, -0.05) is 26.7 Å². The first-order chi connectivity index (χ1) is 8.72. The summed E-state index contributed by atoms with van der Waals surface area (Å²) in [5.41, 5.74) is 2.59. The summed E-state index contributed by atoms with van der Waals surface area (Å²) < 4.78 is 0. The zero-order valence-corrected chi connectivity index (χ0v) is 11.2. The van der Waals surface area contributed by atoms with Gasteiger partial charge in [-0.3, -0.25) is 0 Å². The average molecular weight is 249 g/mol. The number of aromatic nitrogens is 2. The van der Waals surface area contributed by atoms with Gasteiger partial charge >= 0.3 is 0 Å². The smallest absolute Gasteiger partial charge is 0.145 e. The van der Waals surface area contributed by atoms with Crippen molar-refractivity contribution in [3.05, 3.63) is 11.9 Å². The highest BCUT2D eigenvalue weighted by atomic mass is 15.3. The molecule has 0 amide bonds. The minimum atomic E-state index is 0.670. The van der Waals surface area contributed by atoms with Gasteiger partial charge in [0, 0.05) is 19.0 Å². The number of nitrogens with zero attached hydrogens (tertiary/aromatic N) is 2. The Hall–Kier alpha value is -1.36. The SMILES string of the molecule is CCc1nc(NN)cc(NCC2CCCC2C)n1. The van der Waals surface area contributed by atoms with Crippen molar-refractivity contribution in [3.8, 4) is 0 Å². The van der Waals surface area contributed by atoms with Crippen LogP contribution in [0.2, 0.25) is 0 Å². The molecular weight excluding hydrogens is 226 g/mol. The number of rotatable bonds is 5. The maximum absolute atomic E-state index is 5.41. The molecule has 1 aromatic heterocycles. The Morgan fingerprint density at radius 3 is 2.72 bits per heavy atom. The monoisotopic (exact) mass is 249 g/mol. The van der Waals surface area contributed by atoms with Crippen molar-refractivity contribution in [2.75, 3.05) is 17.3 Å². The summed E-state index contributed by atoms with van der Waals surface area (Å²) in [5.74, 6) is 9.35. The lowest BCUT2D eigenvalue weighted by Gasteiger charge is -2.16. The molecular formula is C13H23N5. The molecule has 0 aliphatic heterocycles. The lowest BCUT2D eigenvalue weighted by atomic mass is 9.98. The predicted molar refractivity (Wildman–Crippen MR) is 74.2 cm³/mol. The van der Waals surface area contributed by atoms with E-state index in [-0.39, 0.29) is 0 Å². The third-order valence-electron chi connectivity index (χ3n) is 3.82. The summed E-state index contributed by atoms with van der Waals surface area (Å²) in [6.45, 7) is 5.37. The lowest BCUT2D eigenvalue weighted by Crippen LogP contribution is -2.18. The molecule has 4 N–H and O–H groups in total. The Morgan fingerprint density at radius 1 is 1.33 bits per heavy atom. The summed E-state index contributed by atoms with van der Waals surface area (Å²) in [4.78, 5) is 8.75. The maximum atomic E-state index is 5.41. The van der Waals surface area contributed by atoms with Crippen molar-refractivity contribution >= 4 is 11.6 Å². The molecule has 5 nitrogen and oxygen atoms in total. The highest BCUT2D eigenvalue weighted by Crippen LogP contribution is 2.31. The molecule has 0 aromatic carbocycles. The van der Waals surface area contributed by atoms with Crippen LogP contribution in [-0.2, 0) is 6.42 Å². The Balaban J connectivity index is 1.99. The van der Waals surface area contributed by atoms with E-state index < -0.39 is 0 Å². The number of anilines is 2. The van der Waals surface area contributed by atoms with Crippen LogP contribution in [0.5, 0.6) is 0 Å². The van der Waals surface area contributed by atoms with E-state index in [9.17, 15) is 0 Å². The van der Waals surface area contributed by atoms with Crippen molar-refractivity contribution in [1.29, 1.82) is 0 Å². The van der Waals surface area contributed by atoms with Gasteiger partial charge in [-0.2, -0.15) is 0 Å². The van der Waals surface area contributed by atoms with Crippen LogP contribution in [0.25, 0.3) is 0 Å². The first kappa shape index (κ1) is 13.1. The minimum Gasteiger partial charge on any atom is -0.370 e. The van der Waals surface area contributed by atoms with Gasteiger partial charge < -0.3 is 10.7 Å². The third-order valence-corrected chi connectivity index (χ3v) is 3.82. The van der Waals surface area contributed by atoms with Crippen LogP contribution in [0.4, 0.5) is 11.6 Å². The molecule has 2 rings (SSSR count). The largest absolute Gasteiger partial charge is 0.370 e. The van der Waals surface area contributed by atoms with Crippen molar-refractivity contribution in [2.45, 2.75) is 39.5 Å². The first-order valence-corrected chi connectivity index (χ1v) is 6.81. The molecule has 0 spiro atoms. The van der Waals surface area contributed by atoms with Gasteiger partial charge in [0.05, 0.1) is 0 Å². The van der Waals surface area contributed by atoms with Crippen molar-refractivity contribution in [3.63, 3.8) is 0 Å². The number of hydrogen-bond acceptors (Lipinski definition) is 5. The number of hydrogen-bond donors (Lipinski definition) is 3. The Bertz CT molecular complexity index is 371. The fourth-order valence-electron chi connectivity index (χ4n) is 2.58. The fourth-order valence-corrected chi connectivity index (χ4v) is 2.58. The second kappa shape index (κ2) is 6.00. The highest BCUT2D eigenvalue weighted by molar-refractivity contribution is 5.46. The second-order valence-corrected chi connectivity index (χ2v) is 5.10. The number of aryl methyl sites for hydroxylation is 1. The van der Waals surface area contributed by atoms with E-state index in [0.717, 1.165) is 36.4 Å². The average Bonchev–Trinajstić information content (AvgIpc) is 2.81. The predicted octanol–water partition coefficient (Wildman–Crippen LogP) is 2.17. The van der Waals surface area contributed by atoms with Gasteiger partial charge in [0.15, 0.2) is 0 Å². The molecule has 1 fully saturated rings. The summed E-state index contributed by atoms with van der Waals surface area (Å²) in [5, 5.41) is 3.42. The molecule has 1 aliphatic carbocycles. The van der Waals surface area contributed by atoms with Crippen molar-refractivity contribution in [1.82, 2.24) is 9.97 Å². The standard InChI is InChI=1S/C13H23N5/c1-3-11-16-12(7-13(17-11)18-14)15-8-10-6-4-5-9(10)2/h7,9-10H,3-6,8,14H2,1-2H3,(H2,15,16,17,18). The van der Waals surface area contributed by atoms with Gasteiger partial charge in [-0.05, 0) is 18.3 Å². The van der Waals surface area contributed by atoms with Crippen molar-refractivity contribution < 1.29 is 0 Å². The summed E-state index contributed by atoms with van der Waals surface area (Å²) in [7, 11) is 0. The Labute approximate surface area is 109 Å². The van der Waals surface area contributed by atoms with Crippen LogP contribution in [0.3, 0.4) is 0 Å². The number of nitrogen functional groups attached to an aromatic ring is 1. The van der Waals surface area contributed by atoms with Crippen LogP contribution in [-0.4, -0.2) is 16.5 Å². The van der Waals surface area contributed by atoms with E-state index in [0.29, 0.717) is 5.82 Å². The normalized spacial score (nSPS) is 23.1. The topological polar surface area (TPSA) is 75.9 Å². The van der Waals surface area contributed by atoms with E-state index in [4.69, 9.17) is 5.84 Å². The van der Waals surface area contributed by atoms with Gasteiger partial charge in [0.1, 0.15) is 17.5 Å². The molecule has 1 aliphatic rings. The van der Waals surface area contributed by atoms with Gasteiger partial charge in [0.2, 0.25) is 0 Å². The lowest BCUT2D eigenvalue weighted by molar-refractivity contribution is 0.439. The molecule has 0 radical (unpaired) electrons. The van der Waals surface area contributed by atoms with Gasteiger partial charge in [-0.25, -0.2) is 15.8 Å². The maximum Gasteiger partial charge on any atom is 0.145 e. The van der Waals surface area contributed by atoms with Crippen LogP contribution in [0, 0.1) is 11.8 Å². The number of hydrazine groups is 1. The number of nitrogens with one attached hydrogen (secondary N) is 2. The second-order valence-electron chi connectivity index (χ2n) is 5.10. The zero-order chi connectivity index (χ0) is 13.0. The Kier molecular flexibility index (Phi) is 4.36. The third kappa shape index (κ3) is 3.10. The first-order valence-electron chi connectivity index (χ1n) is 6.81. The summed E-state index contributed by atoms with van der Waals surface area (Å²) >= 11 is 0. The van der Waals surface area contributed by atoms with Gasteiger partial charge in [-0.15, -0.1) is 0 Å². The van der Waals surface area contributed by atoms with Gasteiger partial charge in [0.25, 0.3) is 0 Å². The summed E-state index contributed by atoms with van der Waals surface area (Å²) in [6.07, 6.45) is 4.84. The quantitative estimate of drug-likeness (QED) is 0.551. The number of nitrogens with two attached hydrogens (primary N) is 1. The zero-order valence-electron chi connectivity index (χ0n) is 11.2. The summed E-state index contributed by atoms with van der Waals surface area (Å²) in [6, 6.07) is 1.86. The molecule has 1 aromatic rings. The van der Waals surface area contributed by atoms with E-state index in [1.54, 1.807) is 0 Å².